The maximum atomic E-state index is 12.3. The molecule has 0 atom stereocenters. The molecule has 0 aliphatic carbocycles. The first-order valence-corrected chi connectivity index (χ1v) is 9.18. The number of nitrogens with one attached hydrogen (secondary N) is 1. The van der Waals surface area contributed by atoms with E-state index >= 15 is 0 Å². The highest BCUT2D eigenvalue weighted by molar-refractivity contribution is 8.18. The molecule has 0 saturated carbocycles. The number of hydrogen-bond donors (Lipinski definition) is 1. The van der Waals surface area contributed by atoms with Gasteiger partial charge in [0.15, 0.2) is 5.17 Å². The molecule has 4 rings (SSSR count). The highest BCUT2D eigenvalue weighted by Gasteiger charge is 2.24. The minimum absolute atomic E-state index is 0.0308. The van der Waals surface area contributed by atoms with E-state index in [9.17, 15) is 14.9 Å². The Bertz CT molecular complexity index is 1100. The zero-order chi connectivity index (χ0) is 19.5. The summed E-state index contributed by atoms with van der Waals surface area (Å²) >= 11 is 1.27. The minimum Gasteiger partial charge on any atom is -0.317 e. The van der Waals surface area contributed by atoms with Crippen LogP contribution in [0.3, 0.4) is 0 Å². The van der Waals surface area contributed by atoms with E-state index in [1.165, 1.54) is 23.9 Å². The van der Waals surface area contributed by atoms with Gasteiger partial charge in [0, 0.05) is 29.7 Å². The number of non-ortho nitro benzene ring substituents is 1. The molecule has 0 unspecified atom stereocenters. The van der Waals surface area contributed by atoms with Crippen molar-refractivity contribution in [3.05, 3.63) is 93.6 Å². The summed E-state index contributed by atoms with van der Waals surface area (Å²) in [7, 11) is 0. The van der Waals surface area contributed by atoms with Crippen molar-refractivity contribution in [3.63, 3.8) is 0 Å². The van der Waals surface area contributed by atoms with Crippen LogP contribution in [0.2, 0.25) is 0 Å². The van der Waals surface area contributed by atoms with Crippen LogP contribution < -0.4 is 5.32 Å². The van der Waals surface area contributed by atoms with Gasteiger partial charge in [-0.15, -0.1) is 0 Å². The van der Waals surface area contributed by atoms with E-state index in [-0.39, 0.29) is 11.6 Å². The first kappa shape index (κ1) is 17.7. The van der Waals surface area contributed by atoms with Crippen LogP contribution in [0.4, 0.5) is 11.4 Å². The second kappa shape index (κ2) is 7.53. The Morgan fingerprint density at radius 2 is 1.79 bits per heavy atom. The minimum atomic E-state index is -0.435. The number of thioether (sulfide) groups is 1. The molecule has 1 amide bonds. The van der Waals surface area contributed by atoms with Crippen LogP contribution >= 0.6 is 11.8 Å². The van der Waals surface area contributed by atoms with Crippen LogP contribution in [0, 0.1) is 10.1 Å². The fourth-order valence-electron chi connectivity index (χ4n) is 2.72. The highest BCUT2D eigenvalue weighted by atomic mass is 32.2. The van der Waals surface area contributed by atoms with E-state index in [0.29, 0.717) is 10.1 Å². The lowest BCUT2D eigenvalue weighted by atomic mass is 10.2. The number of amidine groups is 1. The van der Waals surface area contributed by atoms with Gasteiger partial charge in [-0.1, -0.05) is 18.2 Å². The third-order valence-electron chi connectivity index (χ3n) is 4.04. The Hall–Kier alpha value is -3.65. The number of nitro benzene ring substituents is 1. The molecule has 2 heterocycles. The zero-order valence-electron chi connectivity index (χ0n) is 14.5. The van der Waals surface area contributed by atoms with E-state index in [0.717, 1.165) is 17.1 Å². The summed E-state index contributed by atoms with van der Waals surface area (Å²) in [5.41, 5.74) is 2.35. The van der Waals surface area contributed by atoms with E-state index in [4.69, 9.17) is 0 Å². The van der Waals surface area contributed by atoms with Gasteiger partial charge in [-0.3, -0.25) is 14.9 Å². The van der Waals surface area contributed by atoms with Crippen molar-refractivity contribution in [3.8, 4) is 5.69 Å². The molecular formula is C20H14N4O3S. The number of nitrogens with zero attached hydrogens (tertiary/aromatic N) is 3. The van der Waals surface area contributed by atoms with Gasteiger partial charge in [0.05, 0.1) is 15.5 Å². The number of aliphatic imine (C=N–C) groups is 1. The molecule has 1 saturated heterocycles. The highest BCUT2D eigenvalue weighted by Crippen LogP contribution is 2.29. The maximum absolute atomic E-state index is 12.3. The van der Waals surface area contributed by atoms with Gasteiger partial charge in [0.25, 0.3) is 11.6 Å². The summed E-state index contributed by atoms with van der Waals surface area (Å²) in [6, 6.07) is 19.4. The summed E-state index contributed by atoms with van der Waals surface area (Å²) in [6.07, 6.45) is 3.61. The van der Waals surface area contributed by atoms with Gasteiger partial charge in [-0.2, -0.15) is 0 Å². The molecule has 28 heavy (non-hydrogen) atoms. The van der Waals surface area contributed by atoms with Crippen LogP contribution in [-0.4, -0.2) is 20.6 Å². The molecule has 7 nitrogen and oxygen atoms in total. The van der Waals surface area contributed by atoms with Gasteiger partial charge < -0.3 is 9.88 Å². The lowest BCUT2D eigenvalue weighted by molar-refractivity contribution is -0.384. The van der Waals surface area contributed by atoms with E-state index in [2.05, 4.69) is 10.3 Å². The molecule has 1 fully saturated rings. The molecule has 3 aromatic rings. The predicted molar refractivity (Wildman–Crippen MR) is 110 cm³/mol. The summed E-state index contributed by atoms with van der Waals surface area (Å²) in [4.78, 5) is 27.6. The first-order chi connectivity index (χ1) is 13.6. The molecule has 138 valence electrons. The number of hydrogen-bond acceptors (Lipinski definition) is 5. The van der Waals surface area contributed by atoms with E-state index in [1.54, 1.807) is 18.2 Å². The second-order valence-electron chi connectivity index (χ2n) is 5.89. The van der Waals surface area contributed by atoms with Crippen molar-refractivity contribution in [2.45, 2.75) is 0 Å². The van der Waals surface area contributed by atoms with Crippen molar-refractivity contribution < 1.29 is 9.72 Å². The predicted octanol–water partition coefficient (Wildman–Crippen LogP) is 4.28. The Morgan fingerprint density at radius 3 is 2.50 bits per heavy atom. The maximum Gasteiger partial charge on any atom is 0.269 e. The van der Waals surface area contributed by atoms with Crippen molar-refractivity contribution in [2.24, 2.45) is 4.99 Å². The normalized spacial score (nSPS) is 16.5. The number of nitro groups is 1. The largest absolute Gasteiger partial charge is 0.317 e. The Labute approximate surface area is 164 Å². The third kappa shape index (κ3) is 3.72. The zero-order valence-corrected chi connectivity index (χ0v) is 15.3. The Kier molecular flexibility index (Phi) is 4.77. The lowest BCUT2D eigenvalue weighted by Gasteiger charge is -2.06. The van der Waals surface area contributed by atoms with Crippen LogP contribution in [-0.2, 0) is 4.79 Å². The van der Waals surface area contributed by atoms with Crippen molar-refractivity contribution in [2.75, 3.05) is 0 Å². The van der Waals surface area contributed by atoms with Gasteiger partial charge in [0.1, 0.15) is 0 Å². The van der Waals surface area contributed by atoms with Crippen LogP contribution in [0.1, 0.15) is 5.69 Å². The van der Waals surface area contributed by atoms with Crippen LogP contribution in [0.25, 0.3) is 11.8 Å². The number of aromatic nitrogens is 1. The SMILES string of the molecule is O=C1NC(=Nc2ccccc2)S/C1=C/c1cccn1-c1ccc([N+](=O)[O-])cc1. The molecular weight excluding hydrogens is 376 g/mol. The van der Waals surface area contributed by atoms with Gasteiger partial charge in [0.2, 0.25) is 0 Å². The molecule has 0 spiro atoms. The standard InChI is InChI=1S/C20H14N4O3S/c25-19-18(28-20(22-19)21-14-5-2-1-3-6-14)13-17-7-4-12-23(17)15-8-10-16(11-9-15)24(26)27/h1-13H,(H,21,22,25)/b18-13+. The Balaban J connectivity index is 1.60. The summed E-state index contributed by atoms with van der Waals surface area (Å²) in [6.45, 7) is 0. The number of rotatable bonds is 4. The van der Waals surface area contributed by atoms with Crippen molar-refractivity contribution in [1.29, 1.82) is 0 Å². The van der Waals surface area contributed by atoms with Crippen LogP contribution in [0.5, 0.6) is 0 Å². The number of para-hydroxylation sites is 1. The monoisotopic (exact) mass is 390 g/mol. The van der Waals surface area contributed by atoms with Crippen molar-refractivity contribution >= 4 is 40.3 Å². The third-order valence-corrected chi connectivity index (χ3v) is 4.95. The number of carbonyl (C=O) groups excluding carboxylic acids is 1. The number of benzene rings is 2. The van der Waals surface area contributed by atoms with Crippen molar-refractivity contribution in [1.82, 2.24) is 9.88 Å². The molecule has 2 aromatic carbocycles. The van der Waals surface area contributed by atoms with Crippen LogP contribution in [0.15, 0.2) is 82.8 Å². The van der Waals surface area contributed by atoms with E-state index < -0.39 is 4.92 Å². The smallest absolute Gasteiger partial charge is 0.269 e. The van der Waals surface area contributed by atoms with Gasteiger partial charge in [-0.05, 0) is 54.2 Å². The average molecular weight is 390 g/mol. The molecule has 1 aromatic heterocycles. The summed E-state index contributed by atoms with van der Waals surface area (Å²) in [5, 5.41) is 14.1. The summed E-state index contributed by atoms with van der Waals surface area (Å²) in [5.74, 6) is -0.212. The quantitative estimate of drug-likeness (QED) is 0.409. The molecule has 0 bridgehead atoms. The molecule has 0 radical (unpaired) electrons. The van der Waals surface area contributed by atoms with Gasteiger partial charge >= 0.3 is 0 Å². The lowest BCUT2D eigenvalue weighted by Crippen LogP contribution is -2.19. The molecule has 1 N–H and O–H groups in total. The Morgan fingerprint density at radius 1 is 1.04 bits per heavy atom. The second-order valence-corrected chi connectivity index (χ2v) is 6.92. The number of carbonyl (C=O) groups is 1. The average Bonchev–Trinajstić information content (AvgIpc) is 3.29. The van der Waals surface area contributed by atoms with Gasteiger partial charge in [-0.25, -0.2) is 4.99 Å². The fourth-order valence-corrected chi connectivity index (χ4v) is 3.54. The molecule has 1 aliphatic rings. The van der Waals surface area contributed by atoms with E-state index in [1.807, 2.05) is 53.2 Å². The first-order valence-electron chi connectivity index (χ1n) is 8.37. The number of amides is 1. The molecule has 8 heteroatoms. The summed E-state index contributed by atoms with van der Waals surface area (Å²) < 4.78 is 1.86. The molecule has 1 aliphatic heterocycles. The topological polar surface area (TPSA) is 89.5 Å². The fraction of sp³-hybridized carbons (Fsp3) is 0.